The molecule has 1 heterocycles. The van der Waals surface area contributed by atoms with Gasteiger partial charge in [0.25, 0.3) is 0 Å². The van der Waals surface area contributed by atoms with Gasteiger partial charge in [-0.05, 0) is 12.1 Å². The van der Waals surface area contributed by atoms with Crippen LogP contribution in [0.2, 0.25) is 10.0 Å². The first-order valence-corrected chi connectivity index (χ1v) is 4.81. The van der Waals surface area contributed by atoms with Crippen LogP contribution in [0.3, 0.4) is 0 Å². The van der Waals surface area contributed by atoms with Gasteiger partial charge in [-0.3, -0.25) is 4.98 Å². The van der Waals surface area contributed by atoms with Crippen molar-refractivity contribution in [2.24, 2.45) is 0 Å². The summed E-state index contributed by atoms with van der Waals surface area (Å²) in [7, 11) is 0. The maximum Gasteiger partial charge on any atom is 0.0773 e. The van der Waals surface area contributed by atoms with Crippen molar-refractivity contribution in [3.63, 3.8) is 0 Å². The Hall–Kier alpha value is -0.830. The third-order valence-corrected chi connectivity index (χ3v) is 2.59. The van der Waals surface area contributed by atoms with E-state index in [0.29, 0.717) is 21.1 Å². The third kappa shape index (κ3) is 1.57. The molecule has 0 bridgehead atoms. The molecule has 2 rings (SSSR count). The summed E-state index contributed by atoms with van der Waals surface area (Å²) in [5.41, 5.74) is 1.34. The van der Waals surface area contributed by atoms with Gasteiger partial charge in [-0.15, -0.1) is 0 Å². The van der Waals surface area contributed by atoms with Crippen molar-refractivity contribution in [2.45, 2.75) is 6.61 Å². The Kier molecular flexibility index (Phi) is 2.59. The Morgan fingerprint density at radius 3 is 2.79 bits per heavy atom. The van der Waals surface area contributed by atoms with Gasteiger partial charge in [0.1, 0.15) is 0 Å². The molecule has 0 saturated carbocycles. The average Bonchev–Trinajstić information content (AvgIpc) is 2.18. The number of aromatic nitrogens is 1. The van der Waals surface area contributed by atoms with E-state index in [-0.39, 0.29) is 6.61 Å². The molecule has 0 spiro atoms. The van der Waals surface area contributed by atoms with Crippen LogP contribution in [0.1, 0.15) is 5.56 Å². The maximum atomic E-state index is 9.13. The molecule has 0 radical (unpaired) electrons. The van der Waals surface area contributed by atoms with Gasteiger partial charge < -0.3 is 5.11 Å². The molecular formula is C10H7Cl2NO. The molecule has 4 heteroatoms. The number of hydrogen-bond acceptors (Lipinski definition) is 2. The van der Waals surface area contributed by atoms with Crippen LogP contribution in [0.25, 0.3) is 10.9 Å². The molecule has 0 fully saturated rings. The van der Waals surface area contributed by atoms with Crippen LogP contribution >= 0.6 is 23.2 Å². The number of hydrogen-bond donors (Lipinski definition) is 1. The Morgan fingerprint density at radius 1 is 1.29 bits per heavy atom. The van der Waals surface area contributed by atoms with Gasteiger partial charge in [-0.2, -0.15) is 0 Å². The van der Waals surface area contributed by atoms with Gasteiger partial charge in [-0.25, -0.2) is 0 Å². The summed E-state index contributed by atoms with van der Waals surface area (Å²) in [6.07, 6.45) is 1.54. The molecule has 0 unspecified atom stereocenters. The monoisotopic (exact) mass is 227 g/mol. The van der Waals surface area contributed by atoms with Crippen molar-refractivity contribution < 1.29 is 5.11 Å². The Bertz CT molecular complexity index is 485. The van der Waals surface area contributed by atoms with E-state index in [1.54, 1.807) is 18.3 Å². The SMILES string of the molecule is OCc1c(Cl)ccc2cc(Cl)cnc12. The first-order valence-electron chi connectivity index (χ1n) is 4.06. The Morgan fingerprint density at radius 2 is 2.07 bits per heavy atom. The van der Waals surface area contributed by atoms with Crippen LogP contribution < -0.4 is 0 Å². The Labute approximate surface area is 91.1 Å². The van der Waals surface area contributed by atoms with Gasteiger partial charge in [0, 0.05) is 22.2 Å². The predicted octanol–water partition coefficient (Wildman–Crippen LogP) is 3.03. The van der Waals surface area contributed by atoms with E-state index >= 15 is 0 Å². The van der Waals surface area contributed by atoms with E-state index in [4.69, 9.17) is 28.3 Å². The fourth-order valence-electron chi connectivity index (χ4n) is 1.36. The number of nitrogens with zero attached hydrogens (tertiary/aromatic N) is 1. The molecule has 2 nitrogen and oxygen atoms in total. The summed E-state index contributed by atoms with van der Waals surface area (Å²) in [5, 5.41) is 11.1. The van der Waals surface area contributed by atoms with Crippen molar-refractivity contribution in [2.75, 3.05) is 0 Å². The third-order valence-electron chi connectivity index (χ3n) is 2.03. The standard InChI is InChI=1S/C10H7Cl2NO/c11-7-3-6-1-2-9(12)8(5-14)10(6)13-4-7/h1-4,14H,5H2. The van der Waals surface area contributed by atoms with Gasteiger partial charge in [0.2, 0.25) is 0 Å². The maximum absolute atomic E-state index is 9.13. The fraction of sp³-hybridized carbons (Fsp3) is 0.100. The first kappa shape index (κ1) is 9.71. The predicted molar refractivity (Wildman–Crippen MR) is 57.7 cm³/mol. The molecule has 0 saturated heterocycles. The molecule has 72 valence electrons. The van der Waals surface area contributed by atoms with Crippen molar-refractivity contribution in [3.05, 3.63) is 40.0 Å². The van der Waals surface area contributed by atoms with E-state index in [1.165, 1.54) is 0 Å². The summed E-state index contributed by atoms with van der Waals surface area (Å²) in [4.78, 5) is 4.14. The van der Waals surface area contributed by atoms with Gasteiger partial charge in [0.15, 0.2) is 0 Å². The summed E-state index contributed by atoms with van der Waals surface area (Å²) >= 11 is 11.7. The lowest BCUT2D eigenvalue weighted by Gasteiger charge is -2.05. The first-order chi connectivity index (χ1) is 6.72. The zero-order valence-electron chi connectivity index (χ0n) is 7.17. The van der Waals surface area contributed by atoms with Crippen LogP contribution in [-0.4, -0.2) is 10.1 Å². The molecule has 0 aliphatic rings. The molecular weight excluding hydrogens is 221 g/mol. The molecule has 0 aliphatic heterocycles. The van der Waals surface area contributed by atoms with E-state index in [9.17, 15) is 0 Å². The van der Waals surface area contributed by atoms with Crippen LogP contribution in [0.4, 0.5) is 0 Å². The second kappa shape index (κ2) is 3.73. The molecule has 0 atom stereocenters. The average molecular weight is 228 g/mol. The zero-order valence-corrected chi connectivity index (χ0v) is 8.68. The molecule has 1 N–H and O–H groups in total. The van der Waals surface area contributed by atoms with Crippen LogP contribution in [0.15, 0.2) is 24.4 Å². The number of pyridine rings is 1. The van der Waals surface area contributed by atoms with E-state index in [2.05, 4.69) is 4.98 Å². The summed E-state index contributed by atoms with van der Waals surface area (Å²) in [6.45, 7) is -0.120. The molecule has 0 aliphatic carbocycles. The minimum absolute atomic E-state index is 0.120. The summed E-state index contributed by atoms with van der Waals surface area (Å²) in [6, 6.07) is 5.35. The number of fused-ring (bicyclic) bond motifs is 1. The molecule has 14 heavy (non-hydrogen) atoms. The number of aliphatic hydroxyl groups is 1. The second-order valence-electron chi connectivity index (χ2n) is 2.91. The highest BCUT2D eigenvalue weighted by Crippen LogP contribution is 2.26. The van der Waals surface area contributed by atoms with Crippen LogP contribution in [0, 0.1) is 0 Å². The van der Waals surface area contributed by atoms with Gasteiger partial charge in [-0.1, -0.05) is 29.3 Å². The Balaban J connectivity index is 2.82. The fourth-order valence-corrected chi connectivity index (χ4v) is 1.74. The highest BCUT2D eigenvalue weighted by molar-refractivity contribution is 6.33. The smallest absolute Gasteiger partial charge is 0.0773 e. The molecule has 1 aromatic carbocycles. The molecule has 0 amide bonds. The number of aliphatic hydroxyl groups excluding tert-OH is 1. The topological polar surface area (TPSA) is 33.1 Å². The van der Waals surface area contributed by atoms with Crippen molar-refractivity contribution in [1.29, 1.82) is 0 Å². The van der Waals surface area contributed by atoms with E-state index in [0.717, 1.165) is 5.39 Å². The lowest BCUT2D eigenvalue weighted by atomic mass is 10.1. The minimum atomic E-state index is -0.120. The normalized spacial score (nSPS) is 10.8. The van der Waals surface area contributed by atoms with E-state index in [1.807, 2.05) is 6.07 Å². The number of benzene rings is 1. The summed E-state index contributed by atoms with van der Waals surface area (Å²) in [5.74, 6) is 0. The van der Waals surface area contributed by atoms with Crippen molar-refractivity contribution in [1.82, 2.24) is 4.98 Å². The number of halogens is 2. The largest absolute Gasteiger partial charge is 0.392 e. The van der Waals surface area contributed by atoms with Crippen LogP contribution in [0.5, 0.6) is 0 Å². The molecule has 1 aromatic heterocycles. The highest BCUT2D eigenvalue weighted by atomic mass is 35.5. The second-order valence-corrected chi connectivity index (χ2v) is 3.75. The molecule has 2 aromatic rings. The number of rotatable bonds is 1. The van der Waals surface area contributed by atoms with E-state index < -0.39 is 0 Å². The lowest BCUT2D eigenvalue weighted by Crippen LogP contribution is -1.90. The zero-order chi connectivity index (χ0) is 10.1. The highest BCUT2D eigenvalue weighted by Gasteiger charge is 2.06. The lowest BCUT2D eigenvalue weighted by molar-refractivity contribution is 0.283. The quantitative estimate of drug-likeness (QED) is 0.813. The van der Waals surface area contributed by atoms with Gasteiger partial charge >= 0.3 is 0 Å². The van der Waals surface area contributed by atoms with Crippen LogP contribution in [-0.2, 0) is 6.61 Å². The summed E-state index contributed by atoms with van der Waals surface area (Å²) < 4.78 is 0. The van der Waals surface area contributed by atoms with Crippen molar-refractivity contribution in [3.8, 4) is 0 Å². The van der Waals surface area contributed by atoms with Crippen molar-refractivity contribution >= 4 is 34.1 Å². The van der Waals surface area contributed by atoms with Gasteiger partial charge in [0.05, 0.1) is 17.1 Å². The minimum Gasteiger partial charge on any atom is -0.392 e.